The third kappa shape index (κ3) is 3.46. The molecule has 2 atom stereocenters. The molecule has 1 aromatic rings. The van der Waals surface area contributed by atoms with Crippen LogP contribution in [0.3, 0.4) is 0 Å². The van der Waals surface area contributed by atoms with Crippen LogP contribution in [0.4, 0.5) is 5.69 Å². The average molecular weight is 382 g/mol. The van der Waals surface area contributed by atoms with Crippen molar-refractivity contribution in [1.29, 1.82) is 5.26 Å². The first-order valence-electron chi connectivity index (χ1n) is 9.51. The number of benzene rings is 1. The number of hydrogen-bond donors (Lipinski definition) is 1. The van der Waals surface area contributed by atoms with Gasteiger partial charge in [0, 0.05) is 18.2 Å². The monoisotopic (exact) mass is 381 g/mol. The molecule has 2 heterocycles. The van der Waals surface area contributed by atoms with Gasteiger partial charge in [-0.15, -0.1) is 0 Å². The van der Waals surface area contributed by atoms with Gasteiger partial charge in [0.15, 0.2) is 5.17 Å². The summed E-state index contributed by atoms with van der Waals surface area (Å²) in [5.74, 6) is -0.107. The number of hydrogen-bond acceptors (Lipinski definition) is 6. The van der Waals surface area contributed by atoms with E-state index < -0.39 is 5.54 Å². The van der Waals surface area contributed by atoms with E-state index in [0.29, 0.717) is 0 Å². The fourth-order valence-electron chi connectivity index (χ4n) is 3.93. The molecule has 6 nitrogen and oxygen atoms in total. The Hall–Kier alpha value is -2.33. The minimum absolute atomic E-state index is 0.107. The summed E-state index contributed by atoms with van der Waals surface area (Å²) in [6.07, 6.45) is 7.33. The Labute approximate surface area is 163 Å². The first-order chi connectivity index (χ1) is 13.1. The number of nitriles is 1. The lowest BCUT2D eigenvalue weighted by Gasteiger charge is -2.33. The molecule has 0 unspecified atom stereocenters. The summed E-state index contributed by atoms with van der Waals surface area (Å²) in [4.78, 5) is 17.5. The molecule has 1 aliphatic carbocycles. The number of hydrazone groups is 1. The van der Waals surface area contributed by atoms with E-state index in [-0.39, 0.29) is 17.2 Å². The number of nitrogens with zero attached hydrogens (tertiary/aromatic N) is 4. The van der Waals surface area contributed by atoms with Crippen molar-refractivity contribution in [1.82, 2.24) is 10.3 Å². The number of thioether (sulfide) groups is 1. The third-order valence-corrected chi connectivity index (χ3v) is 6.53. The first kappa shape index (κ1) is 18.1. The highest BCUT2D eigenvalue weighted by Gasteiger charge is 2.37. The van der Waals surface area contributed by atoms with E-state index in [9.17, 15) is 10.1 Å². The zero-order valence-electron chi connectivity index (χ0n) is 15.4. The standard InChI is InChI=1S/C20H23N5OS/c1-14(18(26)24-20(13-21)10-5-2-6-11-20)27-19-23-16-8-4-3-7-15(16)17-9-12-22-25(17)19/h3-4,7-8,12,14,17H,2,5-6,9-11H2,1H3,(H,24,26)/t14-,17+/m1/s1. The van der Waals surface area contributed by atoms with Crippen molar-refractivity contribution < 1.29 is 4.79 Å². The van der Waals surface area contributed by atoms with Crippen LogP contribution >= 0.6 is 11.8 Å². The Morgan fingerprint density at radius 2 is 2.15 bits per heavy atom. The van der Waals surface area contributed by atoms with Crippen LogP contribution in [0.2, 0.25) is 0 Å². The Morgan fingerprint density at radius 3 is 2.93 bits per heavy atom. The molecule has 1 amide bonds. The lowest BCUT2D eigenvalue weighted by atomic mass is 9.83. The number of carbonyl (C=O) groups excluding carboxylic acids is 1. The summed E-state index contributed by atoms with van der Waals surface area (Å²) in [5.41, 5.74) is 1.40. The van der Waals surface area contributed by atoms with Crippen LogP contribution in [0, 0.1) is 11.3 Å². The molecule has 140 valence electrons. The summed E-state index contributed by atoms with van der Waals surface area (Å²) in [6, 6.07) is 10.6. The number of rotatable bonds is 3. The van der Waals surface area contributed by atoms with Crippen LogP contribution in [-0.2, 0) is 4.79 Å². The minimum atomic E-state index is -0.709. The Morgan fingerprint density at radius 1 is 1.37 bits per heavy atom. The van der Waals surface area contributed by atoms with Crippen LogP contribution in [0.25, 0.3) is 0 Å². The van der Waals surface area contributed by atoms with Gasteiger partial charge in [0.2, 0.25) is 5.91 Å². The molecule has 0 aromatic heterocycles. The van der Waals surface area contributed by atoms with Crippen LogP contribution in [0.5, 0.6) is 0 Å². The summed E-state index contributed by atoms with van der Waals surface area (Å²) in [6.45, 7) is 1.87. The van der Waals surface area contributed by atoms with Gasteiger partial charge in [-0.1, -0.05) is 49.2 Å². The second-order valence-corrected chi connectivity index (χ2v) is 8.66. The van der Waals surface area contributed by atoms with Gasteiger partial charge in [-0.3, -0.25) is 4.79 Å². The van der Waals surface area contributed by atoms with Crippen LogP contribution < -0.4 is 5.32 Å². The van der Waals surface area contributed by atoms with Gasteiger partial charge in [-0.25, -0.2) is 10.0 Å². The van der Waals surface area contributed by atoms with Crippen LogP contribution in [-0.4, -0.2) is 33.1 Å². The summed E-state index contributed by atoms with van der Waals surface area (Å²) in [7, 11) is 0. The highest BCUT2D eigenvalue weighted by molar-refractivity contribution is 8.14. The van der Waals surface area contributed by atoms with Gasteiger partial charge in [0.05, 0.1) is 23.0 Å². The molecule has 1 saturated carbocycles. The van der Waals surface area contributed by atoms with Crippen molar-refractivity contribution in [2.75, 3.05) is 0 Å². The van der Waals surface area contributed by atoms with E-state index in [4.69, 9.17) is 4.99 Å². The zero-order valence-corrected chi connectivity index (χ0v) is 16.2. The van der Waals surface area contributed by atoms with E-state index in [2.05, 4.69) is 22.6 Å². The summed E-state index contributed by atoms with van der Waals surface area (Å²) >= 11 is 1.41. The normalized spacial score (nSPS) is 23.6. The third-order valence-electron chi connectivity index (χ3n) is 5.47. The van der Waals surface area contributed by atoms with Gasteiger partial charge in [-0.2, -0.15) is 10.4 Å². The van der Waals surface area contributed by atoms with E-state index in [1.165, 1.54) is 17.3 Å². The van der Waals surface area contributed by atoms with Gasteiger partial charge in [0.1, 0.15) is 5.54 Å². The highest BCUT2D eigenvalue weighted by atomic mass is 32.2. The van der Waals surface area contributed by atoms with Crippen molar-refractivity contribution in [3.63, 3.8) is 0 Å². The van der Waals surface area contributed by atoms with Gasteiger partial charge in [-0.05, 0) is 25.8 Å². The molecule has 2 aliphatic heterocycles. The number of carbonyl (C=O) groups is 1. The number of amidine groups is 1. The van der Waals surface area contributed by atoms with E-state index in [1.807, 2.05) is 36.3 Å². The molecular weight excluding hydrogens is 358 g/mol. The Bertz CT molecular complexity index is 837. The quantitative estimate of drug-likeness (QED) is 0.861. The second-order valence-electron chi connectivity index (χ2n) is 7.35. The van der Waals surface area contributed by atoms with Crippen LogP contribution in [0.1, 0.15) is 57.1 Å². The summed E-state index contributed by atoms with van der Waals surface area (Å²) in [5, 5.41) is 19.4. The fraction of sp³-hybridized carbons (Fsp3) is 0.500. The molecule has 3 aliphatic rings. The molecule has 1 N–H and O–H groups in total. The van der Waals surface area contributed by atoms with Crippen molar-refractivity contribution in [3.05, 3.63) is 29.8 Å². The fourth-order valence-corrected chi connectivity index (χ4v) is 4.85. The maximum Gasteiger partial charge on any atom is 0.234 e. The molecule has 0 bridgehead atoms. The number of aliphatic imine (C=N–C) groups is 1. The van der Waals surface area contributed by atoms with E-state index in [1.54, 1.807) is 0 Å². The lowest BCUT2D eigenvalue weighted by molar-refractivity contribution is -0.121. The molecular formula is C20H23N5OS. The number of fused-ring (bicyclic) bond motifs is 3. The van der Waals surface area contributed by atoms with Crippen molar-refractivity contribution in [2.45, 2.75) is 62.3 Å². The molecule has 0 spiro atoms. The molecule has 27 heavy (non-hydrogen) atoms. The topological polar surface area (TPSA) is 80.8 Å². The SMILES string of the molecule is C[C@@H](SC1=Nc2ccccc2[C@@H]2CC=NN12)C(=O)NC1(C#N)CCCCC1. The number of para-hydroxylation sites is 1. The molecule has 1 aromatic carbocycles. The predicted octanol–water partition coefficient (Wildman–Crippen LogP) is 3.88. The lowest BCUT2D eigenvalue weighted by Crippen LogP contribution is -2.51. The number of amides is 1. The smallest absolute Gasteiger partial charge is 0.234 e. The number of nitrogens with one attached hydrogen (secondary N) is 1. The van der Waals surface area contributed by atoms with Gasteiger partial charge >= 0.3 is 0 Å². The first-order valence-corrected chi connectivity index (χ1v) is 10.4. The average Bonchev–Trinajstić information content (AvgIpc) is 3.19. The van der Waals surface area contributed by atoms with E-state index >= 15 is 0 Å². The van der Waals surface area contributed by atoms with Gasteiger partial charge < -0.3 is 5.32 Å². The molecule has 0 saturated heterocycles. The highest BCUT2D eigenvalue weighted by Crippen LogP contribution is 2.41. The molecule has 4 rings (SSSR count). The predicted molar refractivity (Wildman–Crippen MR) is 108 cm³/mol. The summed E-state index contributed by atoms with van der Waals surface area (Å²) < 4.78 is 0. The Kier molecular flexibility index (Phi) is 4.92. The van der Waals surface area contributed by atoms with Crippen LogP contribution in [0.15, 0.2) is 34.4 Å². The maximum absolute atomic E-state index is 12.8. The molecule has 0 radical (unpaired) electrons. The zero-order chi connectivity index (χ0) is 18.9. The second kappa shape index (κ2) is 7.35. The minimum Gasteiger partial charge on any atom is -0.337 e. The largest absolute Gasteiger partial charge is 0.337 e. The van der Waals surface area contributed by atoms with Crippen molar-refractivity contribution in [2.24, 2.45) is 10.1 Å². The van der Waals surface area contributed by atoms with Crippen molar-refractivity contribution in [3.8, 4) is 6.07 Å². The molecule has 1 fully saturated rings. The van der Waals surface area contributed by atoms with Gasteiger partial charge in [0.25, 0.3) is 0 Å². The maximum atomic E-state index is 12.8. The molecule has 7 heteroatoms. The Balaban J connectivity index is 1.50. The van der Waals surface area contributed by atoms with Crippen molar-refractivity contribution >= 4 is 34.7 Å². The van der Waals surface area contributed by atoms with E-state index in [0.717, 1.165) is 49.4 Å².